The average molecular weight is 507 g/mol. The summed E-state index contributed by atoms with van der Waals surface area (Å²) in [7, 11) is 0. The molecule has 2 aliphatic carbocycles. The van der Waals surface area contributed by atoms with Crippen molar-refractivity contribution in [2.75, 3.05) is 17.2 Å². The van der Waals surface area contributed by atoms with Crippen molar-refractivity contribution in [3.63, 3.8) is 0 Å². The van der Waals surface area contributed by atoms with Crippen molar-refractivity contribution in [1.29, 1.82) is 0 Å². The third kappa shape index (κ3) is 6.32. The number of hydrogen-bond donors (Lipinski definition) is 3. The summed E-state index contributed by atoms with van der Waals surface area (Å²) in [5.41, 5.74) is 9.29. The number of anilines is 2. The first-order valence-corrected chi connectivity index (χ1v) is 12.3. The molecule has 2 fully saturated rings. The molecule has 2 saturated carbocycles. The Labute approximate surface area is 214 Å². The lowest BCUT2D eigenvalue weighted by Crippen LogP contribution is -2.33. The van der Waals surface area contributed by atoms with E-state index in [1.165, 1.54) is 31.2 Å². The summed E-state index contributed by atoms with van der Waals surface area (Å²) in [5.74, 6) is 1.55. The van der Waals surface area contributed by atoms with Gasteiger partial charge in [0.05, 0.1) is 6.33 Å². The van der Waals surface area contributed by atoms with Gasteiger partial charge in [0.1, 0.15) is 0 Å². The Morgan fingerprint density at radius 1 is 0.941 bits per heavy atom. The fraction of sp³-hybridized carbons (Fsp3) is 0.560. The number of rotatable bonds is 8. The van der Waals surface area contributed by atoms with E-state index >= 15 is 0 Å². The van der Waals surface area contributed by atoms with Gasteiger partial charge in [0.2, 0.25) is 5.95 Å². The number of nitrogens with two attached hydrogens (primary N) is 1. The minimum absolute atomic E-state index is 0. The topological polar surface area (TPSA) is 93.7 Å². The summed E-state index contributed by atoms with van der Waals surface area (Å²) in [6, 6.07) is 11.9. The van der Waals surface area contributed by atoms with Gasteiger partial charge in [-0.05, 0) is 56.9 Å². The van der Waals surface area contributed by atoms with E-state index in [2.05, 4.69) is 45.5 Å². The molecular weight excluding hydrogens is 469 g/mol. The molecule has 0 spiro atoms. The van der Waals surface area contributed by atoms with Crippen LogP contribution in [0.2, 0.25) is 0 Å². The summed E-state index contributed by atoms with van der Waals surface area (Å²) in [6.07, 6.45) is 13.3. The van der Waals surface area contributed by atoms with E-state index in [1.54, 1.807) is 0 Å². The standard InChI is InChI=1S/C25H35N7.2ClH/c26-19-12-14-20(15-13-19)29-25-30-23(27-16-6-9-18-7-2-1-3-8-18)22-24(31-25)32(17-28-22)21-10-4-5-11-21;;/h1-3,7-8,17,19-21H,4-6,9-16,26H2,(H2,27,29,30,31);2*1H. The zero-order valence-electron chi connectivity index (χ0n) is 19.7. The van der Waals surface area contributed by atoms with Crippen LogP contribution in [0.25, 0.3) is 11.2 Å². The van der Waals surface area contributed by atoms with Gasteiger partial charge in [-0.3, -0.25) is 0 Å². The first-order valence-electron chi connectivity index (χ1n) is 12.3. The monoisotopic (exact) mass is 505 g/mol. The van der Waals surface area contributed by atoms with Crippen molar-refractivity contribution in [3.05, 3.63) is 42.2 Å². The minimum Gasteiger partial charge on any atom is -0.368 e. The van der Waals surface area contributed by atoms with E-state index in [0.29, 0.717) is 24.1 Å². The first kappa shape index (κ1) is 26.5. The molecule has 0 unspecified atom stereocenters. The third-order valence-electron chi connectivity index (χ3n) is 7.02. The Hall–Kier alpha value is -2.09. The Morgan fingerprint density at radius 2 is 1.68 bits per heavy atom. The van der Waals surface area contributed by atoms with E-state index < -0.39 is 0 Å². The average Bonchev–Trinajstić information content (AvgIpc) is 3.49. The van der Waals surface area contributed by atoms with Crippen molar-refractivity contribution in [2.24, 2.45) is 5.73 Å². The van der Waals surface area contributed by atoms with Gasteiger partial charge >= 0.3 is 0 Å². The molecule has 2 heterocycles. The van der Waals surface area contributed by atoms with Crippen LogP contribution in [0.4, 0.5) is 11.8 Å². The number of fused-ring (bicyclic) bond motifs is 1. The summed E-state index contributed by atoms with van der Waals surface area (Å²) >= 11 is 0. The number of benzene rings is 1. The lowest BCUT2D eigenvalue weighted by molar-refractivity contribution is 0.410. The normalized spacial score (nSPS) is 20.5. The minimum atomic E-state index is 0. The molecule has 4 N–H and O–H groups in total. The number of imidazole rings is 1. The van der Waals surface area contributed by atoms with Crippen LogP contribution in [0.5, 0.6) is 0 Å². The van der Waals surface area contributed by atoms with Crippen molar-refractivity contribution >= 4 is 47.7 Å². The van der Waals surface area contributed by atoms with E-state index in [4.69, 9.17) is 20.7 Å². The Kier molecular flexibility index (Phi) is 9.80. The highest BCUT2D eigenvalue weighted by Crippen LogP contribution is 2.33. The molecule has 0 bridgehead atoms. The van der Waals surface area contributed by atoms with Gasteiger partial charge in [0, 0.05) is 24.7 Å². The molecule has 34 heavy (non-hydrogen) atoms. The van der Waals surface area contributed by atoms with Gasteiger partial charge < -0.3 is 20.9 Å². The van der Waals surface area contributed by atoms with Gasteiger partial charge in [-0.15, -0.1) is 24.8 Å². The summed E-state index contributed by atoms with van der Waals surface area (Å²) < 4.78 is 2.28. The number of nitrogens with zero attached hydrogens (tertiary/aromatic N) is 4. The molecule has 7 nitrogen and oxygen atoms in total. The van der Waals surface area contributed by atoms with Crippen molar-refractivity contribution in [3.8, 4) is 0 Å². The SMILES string of the molecule is Cl.Cl.NC1CCC(Nc2nc(NCCCc3ccccc3)c3ncn(C4CCCC4)c3n2)CC1. The second-order valence-corrected chi connectivity index (χ2v) is 9.43. The molecule has 0 saturated heterocycles. The smallest absolute Gasteiger partial charge is 0.227 e. The van der Waals surface area contributed by atoms with Crippen molar-refractivity contribution in [2.45, 2.75) is 82.3 Å². The number of aromatic nitrogens is 4. The van der Waals surface area contributed by atoms with E-state index in [1.807, 2.05) is 6.33 Å². The highest BCUT2D eigenvalue weighted by atomic mass is 35.5. The fourth-order valence-electron chi connectivity index (χ4n) is 5.14. The van der Waals surface area contributed by atoms with Gasteiger partial charge in [-0.2, -0.15) is 9.97 Å². The maximum Gasteiger partial charge on any atom is 0.227 e. The predicted molar refractivity (Wildman–Crippen MR) is 144 cm³/mol. The first-order chi connectivity index (χ1) is 15.8. The molecule has 5 rings (SSSR count). The van der Waals surface area contributed by atoms with Gasteiger partial charge in [-0.25, -0.2) is 4.98 Å². The van der Waals surface area contributed by atoms with Crippen LogP contribution < -0.4 is 16.4 Å². The largest absolute Gasteiger partial charge is 0.368 e. The van der Waals surface area contributed by atoms with Crippen LogP contribution in [-0.4, -0.2) is 38.1 Å². The number of hydrogen-bond acceptors (Lipinski definition) is 6. The molecule has 0 aliphatic heterocycles. The number of halogens is 2. The molecule has 9 heteroatoms. The van der Waals surface area contributed by atoms with E-state index in [9.17, 15) is 0 Å². The highest BCUT2D eigenvalue weighted by Gasteiger charge is 2.23. The number of nitrogens with one attached hydrogen (secondary N) is 2. The quantitative estimate of drug-likeness (QED) is 0.349. The molecule has 3 aromatic rings. The van der Waals surface area contributed by atoms with Crippen LogP contribution in [0.15, 0.2) is 36.7 Å². The van der Waals surface area contributed by atoms with Crippen molar-refractivity contribution in [1.82, 2.24) is 19.5 Å². The maximum atomic E-state index is 6.09. The van der Waals surface area contributed by atoms with Gasteiger partial charge in [0.25, 0.3) is 0 Å². The number of aryl methyl sites for hydroxylation is 1. The zero-order chi connectivity index (χ0) is 21.8. The highest BCUT2D eigenvalue weighted by molar-refractivity contribution is 5.86. The molecule has 1 aromatic carbocycles. The molecule has 0 amide bonds. The maximum absolute atomic E-state index is 6.09. The van der Waals surface area contributed by atoms with Crippen molar-refractivity contribution < 1.29 is 0 Å². The molecule has 186 valence electrons. The lowest BCUT2D eigenvalue weighted by atomic mass is 9.92. The van der Waals surface area contributed by atoms with Crippen LogP contribution in [0.1, 0.15) is 69.4 Å². The summed E-state index contributed by atoms with van der Waals surface area (Å²) in [5, 5.41) is 7.16. The summed E-state index contributed by atoms with van der Waals surface area (Å²) in [4.78, 5) is 14.5. The zero-order valence-corrected chi connectivity index (χ0v) is 21.3. The van der Waals surface area contributed by atoms with Crippen LogP contribution in [0.3, 0.4) is 0 Å². The lowest BCUT2D eigenvalue weighted by Gasteiger charge is -2.27. The van der Waals surface area contributed by atoms with Crippen LogP contribution in [-0.2, 0) is 6.42 Å². The summed E-state index contributed by atoms with van der Waals surface area (Å²) in [6.45, 7) is 0.856. The van der Waals surface area contributed by atoms with Gasteiger partial charge in [0.15, 0.2) is 17.0 Å². The molecular formula is C25H37Cl2N7. The second-order valence-electron chi connectivity index (χ2n) is 9.43. The molecule has 0 atom stereocenters. The predicted octanol–water partition coefficient (Wildman–Crippen LogP) is 5.51. The van der Waals surface area contributed by atoms with E-state index in [-0.39, 0.29) is 24.8 Å². The molecule has 2 aromatic heterocycles. The fourth-order valence-corrected chi connectivity index (χ4v) is 5.14. The van der Waals surface area contributed by atoms with Gasteiger partial charge in [-0.1, -0.05) is 43.2 Å². The van der Waals surface area contributed by atoms with Crippen LogP contribution in [0, 0.1) is 0 Å². The third-order valence-corrected chi connectivity index (χ3v) is 7.02. The second kappa shape index (κ2) is 12.6. The Bertz CT molecular complexity index is 1010. The molecule has 2 aliphatic rings. The Morgan fingerprint density at radius 3 is 2.41 bits per heavy atom. The van der Waals surface area contributed by atoms with E-state index in [0.717, 1.165) is 62.1 Å². The molecule has 0 radical (unpaired) electrons. The van der Waals surface area contributed by atoms with Crippen LogP contribution >= 0.6 is 24.8 Å². The Balaban J connectivity index is 0.00000162.